The molecule has 0 radical (unpaired) electrons. The highest BCUT2D eigenvalue weighted by Crippen LogP contribution is 2.33. The smallest absolute Gasteiger partial charge is 0.124 e. The largest absolute Gasteiger partial charge is 0.326 e. The Morgan fingerprint density at radius 3 is 2.53 bits per heavy atom. The van der Waals surface area contributed by atoms with E-state index in [2.05, 4.69) is 57.0 Å². The Balaban J connectivity index is 1.91. The molecule has 2 aromatic heterocycles. The fraction of sp³-hybridized carbons (Fsp3) is 0.0714. The van der Waals surface area contributed by atoms with Gasteiger partial charge in [0.1, 0.15) is 5.01 Å². The molecule has 0 spiro atoms. The normalized spacial score (nSPS) is 10.8. The molecular formula is C14H11BrN2S2. The van der Waals surface area contributed by atoms with Crippen molar-refractivity contribution in [1.82, 2.24) is 4.98 Å². The van der Waals surface area contributed by atoms with E-state index in [4.69, 9.17) is 10.7 Å². The van der Waals surface area contributed by atoms with E-state index in [-0.39, 0.29) is 0 Å². The van der Waals surface area contributed by atoms with Gasteiger partial charge in [0.2, 0.25) is 0 Å². The SMILES string of the molecule is NCc1ccc(-c2nc(-c3cc(Br)cs3)cs2)cc1. The third kappa shape index (κ3) is 2.79. The minimum Gasteiger partial charge on any atom is -0.326 e. The zero-order valence-corrected chi connectivity index (χ0v) is 13.2. The number of thiazole rings is 1. The molecule has 3 rings (SSSR count). The molecule has 0 fully saturated rings. The van der Waals surface area contributed by atoms with Gasteiger partial charge in [0.15, 0.2) is 0 Å². The Morgan fingerprint density at radius 2 is 1.89 bits per heavy atom. The Kier molecular flexibility index (Phi) is 3.79. The maximum atomic E-state index is 5.60. The average molecular weight is 351 g/mol. The lowest BCUT2D eigenvalue weighted by Crippen LogP contribution is -1.95. The van der Waals surface area contributed by atoms with E-state index in [1.807, 2.05) is 0 Å². The van der Waals surface area contributed by atoms with Crippen LogP contribution in [0.2, 0.25) is 0 Å². The molecule has 19 heavy (non-hydrogen) atoms. The van der Waals surface area contributed by atoms with Gasteiger partial charge < -0.3 is 5.73 Å². The van der Waals surface area contributed by atoms with Crippen molar-refractivity contribution in [3.05, 3.63) is 51.1 Å². The van der Waals surface area contributed by atoms with E-state index in [1.165, 1.54) is 4.88 Å². The summed E-state index contributed by atoms with van der Waals surface area (Å²) in [6.07, 6.45) is 0. The molecule has 0 atom stereocenters. The number of halogens is 1. The predicted octanol–water partition coefficient (Wildman–Crippen LogP) is 4.76. The molecule has 5 heteroatoms. The van der Waals surface area contributed by atoms with Gasteiger partial charge in [-0.15, -0.1) is 22.7 Å². The van der Waals surface area contributed by atoms with Crippen molar-refractivity contribution in [3.63, 3.8) is 0 Å². The third-order valence-electron chi connectivity index (χ3n) is 2.76. The van der Waals surface area contributed by atoms with E-state index < -0.39 is 0 Å². The molecule has 1 aromatic carbocycles. The van der Waals surface area contributed by atoms with Crippen molar-refractivity contribution in [1.29, 1.82) is 0 Å². The topological polar surface area (TPSA) is 38.9 Å². The second-order valence-electron chi connectivity index (χ2n) is 4.07. The fourth-order valence-electron chi connectivity index (χ4n) is 1.75. The Bertz CT molecular complexity index is 686. The summed E-state index contributed by atoms with van der Waals surface area (Å²) in [5.41, 5.74) is 8.93. The molecule has 0 amide bonds. The van der Waals surface area contributed by atoms with Crippen molar-refractivity contribution in [3.8, 4) is 21.1 Å². The van der Waals surface area contributed by atoms with Crippen molar-refractivity contribution < 1.29 is 0 Å². The quantitative estimate of drug-likeness (QED) is 0.739. The van der Waals surface area contributed by atoms with Crippen LogP contribution in [0.3, 0.4) is 0 Å². The Hall–Kier alpha value is -1.01. The molecule has 2 nitrogen and oxygen atoms in total. The zero-order valence-electron chi connectivity index (χ0n) is 9.97. The molecule has 0 aliphatic heterocycles. The number of hydrogen-bond donors (Lipinski definition) is 1. The summed E-state index contributed by atoms with van der Waals surface area (Å²) < 4.78 is 1.11. The van der Waals surface area contributed by atoms with Crippen molar-refractivity contribution >= 4 is 38.6 Å². The lowest BCUT2D eigenvalue weighted by atomic mass is 10.1. The van der Waals surface area contributed by atoms with Gasteiger partial charge >= 0.3 is 0 Å². The van der Waals surface area contributed by atoms with Gasteiger partial charge in [-0.25, -0.2) is 4.98 Å². The molecule has 0 saturated heterocycles. The first kappa shape index (κ1) is 13.0. The third-order valence-corrected chi connectivity index (χ3v) is 5.37. The van der Waals surface area contributed by atoms with Crippen LogP contribution in [0.15, 0.2) is 45.6 Å². The molecule has 2 N–H and O–H groups in total. The van der Waals surface area contributed by atoms with Crippen molar-refractivity contribution in [2.75, 3.05) is 0 Å². The van der Waals surface area contributed by atoms with Crippen LogP contribution in [0.4, 0.5) is 0 Å². The van der Waals surface area contributed by atoms with Gasteiger partial charge in [-0.2, -0.15) is 0 Å². The molecule has 96 valence electrons. The second-order valence-corrected chi connectivity index (χ2v) is 6.75. The number of nitrogens with two attached hydrogens (primary N) is 1. The molecule has 0 aliphatic rings. The standard InChI is InChI=1S/C14H11BrN2S2/c15-11-5-13(18-7-11)12-8-19-14(17-12)10-3-1-9(6-16)2-4-10/h1-5,7-8H,6,16H2. The molecule has 2 heterocycles. The van der Waals surface area contributed by atoms with Crippen molar-refractivity contribution in [2.45, 2.75) is 6.54 Å². The summed E-state index contributed by atoms with van der Waals surface area (Å²) in [6.45, 7) is 0.576. The van der Waals surface area contributed by atoms with Crippen LogP contribution < -0.4 is 5.73 Å². The fourth-order valence-corrected chi connectivity index (χ4v) is 4.04. The summed E-state index contributed by atoms with van der Waals surface area (Å²) in [6, 6.07) is 10.4. The zero-order chi connectivity index (χ0) is 13.2. The number of thiophene rings is 1. The molecule has 0 aliphatic carbocycles. The second kappa shape index (κ2) is 5.54. The van der Waals surface area contributed by atoms with Gasteiger partial charge in [0.25, 0.3) is 0 Å². The van der Waals surface area contributed by atoms with E-state index >= 15 is 0 Å². The number of rotatable bonds is 3. The molecule has 0 bridgehead atoms. The van der Waals surface area contributed by atoms with Gasteiger partial charge in [-0.05, 0) is 27.6 Å². The summed E-state index contributed by atoms with van der Waals surface area (Å²) in [4.78, 5) is 5.88. The summed E-state index contributed by atoms with van der Waals surface area (Å²) in [5.74, 6) is 0. The number of hydrogen-bond acceptors (Lipinski definition) is 4. The first-order chi connectivity index (χ1) is 9.26. The van der Waals surface area contributed by atoms with Crippen LogP contribution in [-0.2, 0) is 6.54 Å². The van der Waals surface area contributed by atoms with Gasteiger partial charge in [-0.3, -0.25) is 0 Å². The Morgan fingerprint density at radius 1 is 1.11 bits per heavy atom. The molecular weight excluding hydrogens is 340 g/mol. The average Bonchev–Trinajstić information content (AvgIpc) is 3.07. The van der Waals surface area contributed by atoms with Gasteiger partial charge in [0.05, 0.1) is 10.6 Å². The van der Waals surface area contributed by atoms with Crippen LogP contribution in [0.5, 0.6) is 0 Å². The molecule has 3 aromatic rings. The van der Waals surface area contributed by atoms with Crippen LogP contribution in [0.1, 0.15) is 5.56 Å². The van der Waals surface area contributed by atoms with E-state index in [1.54, 1.807) is 22.7 Å². The highest BCUT2D eigenvalue weighted by Gasteiger charge is 2.08. The molecule has 0 unspecified atom stereocenters. The van der Waals surface area contributed by atoms with E-state index in [0.717, 1.165) is 26.3 Å². The monoisotopic (exact) mass is 350 g/mol. The van der Waals surface area contributed by atoms with Crippen molar-refractivity contribution in [2.24, 2.45) is 5.73 Å². The highest BCUT2D eigenvalue weighted by molar-refractivity contribution is 9.10. The minimum absolute atomic E-state index is 0.576. The lowest BCUT2D eigenvalue weighted by Gasteiger charge is -1.98. The van der Waals surface area contributed by atoms with Crippen LogP contribution in [-0.4, -0.2) is 4.98 Å². The number of benzene rings is 1. The number of aromatic nitrogens is 1. The van der Waals surface area contributed by atoms with E-state index in [0.29, 0.717) is 6.54 Å². The summed E-state index contributed by atoms with van der Waals surface area (Å²) in [5, 5.41) is 5.22. The van der Waals surface area contributed by atoms with Crippen LogP contribution >= 0.6 is 38.6 Å². The lowest BCUT2D eigenvalue weighted by molar-refractivity contribution is 1.07. The minimum atomic E-state index is 0.576. The van der Waals surface area contributed by atoms with Gasteiger partial charge in [-0.1, -0.05) is 24.3 Å². The maximum absolute atomic E-state index is 5.60. The highest BCUT2D eigenvalue weighted by atomic mass is 79.9. The van der Waals surface area contributed by atoms with E-state index in [9.17, 15) is 0 Å². The number of nitrogens with zero attached hydrogens (tertiary/aromatic N) is 1. The first-order valence-electron chi connectivity index (χ1n) is 5.75. The predicted molar refractivity (Wildman–Crippen MR) is 86.5 cm³/mol. The summed E-state index contributed by atoms with van der Waals surface area (Å²) in [7, 11) is 0. The van der Waals surface area contributed by atoms with Crippen LogP contribution in [0.25, 0.3) is 21.1 Å². The van der Waals surface area contributed by atoms with Crippen LogP contribution in [0, 0.1) is 0 Å². The first-order valence-corrected chi connectivity index (χ1v) is 8.31. The van der Waals surface area contributed by atoms with Gasteiger partial charge in [0, 0.05) is 27.3 Å². The maximum Gasteiger partial charge on any atom is 0.124 e. The summed E-state index contributed by atoms with van der Waals surface area (Å²) >= 11 is 6.84. The Labute approximate surface area is 128 Å². The molecule has 0 saturated carbocycles.